The highest BCUT2D eigenvalue weighted by Gasteiger charge is 2.27. The van der Waals surface area contributed by atoms with Crippen LogP contribution in [-0.4, -0.2) is 9.97 Å². The van der Waals surface area contributed by atoms with E-state index in [0.717, 1.165) is 34.3 Å². The van der Waals surface area contributed by atoms with Crippen molar-refractivity contribution in [2.24, 2.45) is 10.2 Å². The molecule has 0 saturated carbocycles. The number of fused-ring (bicyclic) bond motifs is 2. The monoisotopic (exact) mass is 371 g/mol. The highest BCUT2D eigenvalue weighted by atomic mass is 15.3. The number of anilines is 3. The van der Waals surface area contributed by atoms with Gasteiger partial charge in [-0.25, -0.2) is 9.97 Å². The minimum absolute atomic E-state index is 0.0843. The maximum atomic E-state index is 4.72. The van der Waals surface area contributed by atoms with E-state index >= 15 is 0 Å². The highest BCUT2D eigenvalue weighted by Crippen LogP contribution is 2.47. The molecular formula is C23H25N5. The fraction of sp³-hybridized carbons (Fsp3) is 0.304. The maximum absolute atomic E-state index is 4.72. The van der Waals surface area contributed by atoms with E-state index in [-0.39, 0.29) is 5.41 Å². The number of azo groups is 1. The molecule has 2 aromatic heterocycles. The lowest BCUT2D eigenvalue weighted by atomic mass is 9.84. The van der Waals surface area contributed by atoms with Gasteiger partial charge in [-0.1, -0.05) is 32.9 Å². The third-order valence-corrected chi connectivity index (χ3v) is 5.02. The minimum Gasteiger partial charge on any atom is -0.275 e. The van der Waals surface area contributed by atoms with Crippen molar-refractivity contribution in [2.45, 2.75) is 47.0 Å². The highest BCUT2D eigenvalue weighted by molar-refractivity contribution is 5.87. The van der Waals surface area contributed by atoms with Crippen molar-refractivity contribution in [2.75, 3.05) is 4.90 Å². The van der Waals surface area contributed by atoms with E-state index in [4.69, 9.17) is 4.98 Å². The molecule has 5 heteroatoms. The smallest absolute Gasteiger partial charge is 0.166 e. The zero-order valence-electron chi connectivity index (χ0n) is 17.3. The normalized spacial score (nSPS) is 13.1. The lowest BCUT2D eigenvalue weighted by Crippen LogP contribution is -2.18. The van der Waals surface area contributed by atoms with Crippen molar-refractivity contribution in [1.82, 2.24) is 9.97 Å². The first-order valence-corrected chi connectivity index (χ1v) is 9.51. The molecule has 1 aliphatic heterocycles. The van der Waals surface area contributed by atoms with Crippen LogP contribution >= 0.6 is 0 Å². The number of pyridine rings is 2. The molecule has 1 aromatic carbocycles. The lowest BCUT2D eigenvalue weighted by molar-refractivity contribution is 0.589. The van der Waals surface area contributed by atoms with Crippen LogP contribution in [0.15, 0.2) is 53.0 Å². The molecule has 0 atom stereocenters. The zero-order valence-corrected chi connectivity index (χ0v) is 17.3. The summed E-state index contributed by atoms with van der Waals surface area (Å²) in [6.07, 6.45) is 3.65. The van der Waals surface area contributed by atoms with Gasteiger partial charge in [-0.05, 0) is 66.6 Å². The van der Waals surface area contributed by atoms with Gasteiger partial charge in [-0.3, -0.25) is 4.90 Å². The van der Waals surface area contributed by atoms with E-state index in [9.17, 15) is 0 Å². The zero-order chi connectivity index (χ0) is 20.1. The van der Waals surface area contributed by atoms with Gasteiger partial charge in [-0.2, -0.15) is 0 Å². The second kappa shape index (κ2) is 6.51. The molecule has 4 rings (SSSR count). The topological polar surface area (TPSA) is 53.7 Å². The molecule has 3 heterocycles. The lowest BCUT2D eigenvalue weighted by Gasteiger charge is -2.29. The van der Waals surface area contributed by atoms with Gasteiger partial charge in [0, 0.05) is 12.4 Å². The summed E-state index contributed by atoms with van der Waals surface area (Å²) in [5.74, 6) is 1.50. The molecule has 0 saturated heterocycles. The first-order valence-electron chi connectivity index (χ1n) is 9.51. The van der Waals surface area contributed by atoms with Gasteiger partial charge in [-0.15, -0.1) is 10.2 Å². The van der Waals surface area contributed by atoms with Crippen LogP contribution < -0.4 is 4.90 Å². The molecule has 0 amide bonds. The summed E-state index contributed by atoms with van der Waals surface area (Å²) in [6.45, 7) is 13.0. The minimum atomic E-state index is 0.0843. The summed E-state index contributed by atoms with van der Waals surface area (Å²) < 4.78 is 0. The van der Waals surface area contributed by atoms with E-state index in [2.05, 4.69) is 66.9 Å². The Morgan fingerprint density at radius 1 is 0.821 bits per heavy atom. The molecule has 3 aromatic rings. The Bertz CT molecular complexity index is 1070. The largest absolute Gasteiger partial charge is 0.275 e. The molecule has 0 radical (unpaired) electrons. The summed E-state index contributed by atoms with van der Waals surface area (Å²) in [5, 5.41) is 8.90. The van der Waals surface area contributed by atoms with Gasteiger partial charge in [0.05, 0.1) is 5.69 Å². The van der Waals surface area contributed by atoms with E-state index in [1.54, 1.807) is 6.20 Å². The van der Waals surface area contributed by atoms with Crippen LogP contribution in [-0.2, 0) is 5.41 Å². The number of benzene rings is 1. The summed E-state index contributed by atoms with van der Waals surface area (Å²) in [5.41, 5.74) is 7.36. The number of hydrogen-bond donors (Lipinski definition) is 0. The summed E-state index contributed by atoms with van der Waals surface area (Å²) in [6, 6.07) is 10.4. The van der Waals surface area contributed by atoms with Crippen molar-refractivity contribution >= 4 is 28.7 Å². The van der Waals surface area contributed by atoms with Gasteiger partial charge in [0.2, 0.25) is 0 Å². The molecule has 142 valence electrons. The van der Waals surface area contributed by atoms with Gasteiger partial charge in [0.25, 0.3) is 0 Å². The molecule has 0 unspecified atom stereocenters. The standard InChI is InChI=1S/C23H25N5/c1-14-10-19-22(25-13-14)28(21-18(26-27-19)8-7-9-24-21)20-15(2)11-17(12-16(20)3)23(4,5)6/h7-13H,1-6H3. The van der Waals surface area contributed by atoms with Gasteiger partial charge >= 0.3 is 0 Å². The number of nitrogens with zero attached hydrogens (tertiary/aromatic N) is 5. The van der Waals surface area contributed by atoms with E-state index in [1.165, 1.54) is 16.7 Å². The van der Waals surface area contributed by atoms with E-state index in [1.807, 2.05) is 31.3 Å². The van der Waals surface area contributed by atoms with Crippen molar-refractivity contribution < 1.29 is 0 Å². The average molecular weight is 371 g/mol. The number of hydrogen-bond acceptors (Lipinski definition) is 5. The molecule has 28 heavy (non-hydrogen) atoms. The van der Waals surface area contributed by atoms with Crippen LogP contribution in [0.2, 0.25) is 0 Å². The van der Waals surface area contributed by atoms with Crippen LogP contribution in [0.3, 0.4) is 0 Å². The molecule has 5 nitrogen and oxygen atoms in total. The van der Waals surface area contributed by atoms with Crippen LogP contribution in [0, 0.1) is 20.8 Å². The number of aromatic nitrogens is 2. The van der Waals surface area contributed by atoms with Crippen LogP contribution in [0.25, 0.3) is 0 Å². The summed E-state index contributed by atoms with van der Waals surface area (Å²) in [7, 11) is 0. The molecule has 0 spiro atoms. The predicted molar refractivity (Wildman–Crippen MR) is 114 cm³/mol. The second-order valence-electron chi connectivity index (χ2n) is 8.45. The van der Waals surface area contributed by atoms with Crippen molar-refractivity contribution in [1.29, 1.82) is 0 Å². The first kappa shape index (κ1) is 18.3. The average Bonchev–Trinajstić information content (AvgIpc) is 2.78. The fourth-order valence-corrected chi connectivity index (χ4v) is 3.59. The molecule has 1 aliphatic rings. The van der Waals surface area contributed by atoms with Crippen LogP contribution in [0.4, 0.5) is 28.7 Å². The third-order valence-electron chi connectivity index (χ3n) is 5.02. The van der Waals surface area contributed by atoms with E-state index < -0.39 is 0 Å². The Morgan fingerprint density at radius 2 is 1.46 bits per heavy atom. The Morgan fingerprint density at radius 3 is 2.14 bits per heavy atom. The number of aryl methyl sites for hydroxylation is 3. The Labute approximate surface area is 166 Å². The van der Waals surface area contributed by atoms with E-state index in [0.29, 0.717) is 0 Å². The Balaban J connectivity index is 2.01. The maximum Gasteiger partial charge on any atom is 0.166 e. The summed E-state index contributed by atoms with van der Waals surface area (Å²) >= 11 is 0. The molecule has 0 fully saturated rings. The van der Waals surface area contributed by atoms with Crippen LogP contribution in [0.5, 0.6) is 0 Å². The van der Waals surface area contributed by atoms with Crippen molar-refractivity contribution in [3.8, 4) is 0 Å². The molecular weight excluding hydrogens is 346 g/mol. The first-order chi connectivity index (χ1) is 13.3. The fourth-order valence-electron chi connectivity index (χ4n) is 3.59. The van der Waals surface area contributed by atoms with Crippen molar-refractivity contribution in [3.63, 3.8) is 0 Å². The summed E-state index contributed by atoms with van der Waals surface area (Å²) in [4.78, 5) is 11.5. The van der Waals surface area contributed by atoms with Crippen LogP contribution in [0.1, 0.15) is 43.0 Å². The second-order valence-corrected chi connectivity index (χ2v) is 8.45. The Kier molecular flexibility index (Phi) is 4.26. The van der Waals surface area contributed by atoms with Crippen molar-refractivity contribution in [3.05, 3.63) is 65.0 Å². The van der Waals surface area contributed by atoms with Gasteiger partial charge < -0.3 is 0 Å². The SMILES string of the molecule is Cc1cnc2c(c1)N=Nc1cccnc1N2c1c(C)cc(C(C)(C)C)cc1C. The molecule has 0 N–H and O–H groups in total. The molecule has 0 aliphatic carbocycles. The van der Waals surface area contributed by atoms with Gasteiger partial charge in [0.1, 0.15) is 11.4 Å². The third kappa shape index (κ3) is 3.07. The predicted octanol–water partition coefficient (Wildman–Crippen LogP) is 6.90. The Hall–Kier alpha value is -3.08. The molecule has 0 bridgehead atoms. The van der Waals surface area contributed by atoms with Gasteiger partial charge in [0.15, 0.2) is 11.6 Å². The number of rotatable bonds is 1. The quantitative estimate of drug-likeness (QED) is 0.366.